The molecule has 0 unspecified atom stereocenters. The largest absolute Gasteiger partial charge is 1.00 e. The van der Waals surface area contributed by atoms with Gasteiger partial charge < -0.3 is 25.8 Å². The topological polar surface area (TPSA) is 68.4 Å². The van der Waals surface area contributed by atoms with Gasteiger partial charge in [0.2, 0.25) is 0 Å². The zero-order chi connectivity index (χ0) is 17.1. The Morgan fingerprint density at radius 3 is 2.62 bits per heavy atom. The van der Waals surface area contributed by atoms with Crippen molar-refractivity contribution in [2.75, 3.05) is 7.11 Å². The van der Waals surface area contributed by atoms with Crippen LogP contribution in [-0.4, -0.2) is 11.4 Å². The van der Waals surface area contributed by atoms with Crippen molar-refractivity contribution in [1.29, 1.82) is 0 Å². The smallest absolute Gasteiger partial charge is 0.870 e. The fourth-order valence-electron chi connectivity index (χ4n) is 1.93. The summed E-state index contributed by atoms with van der Waals surface area (Å²) in [7, 11) is 1.52. The Morgan fingerprint density at radius 2 is 2.00 bits per heavy atom. The van der Waals surface area contributed by atoms with E-state index in [2.05, 4.69) is 35.5 Å². The molecule has 24 heavy (non-hydrogen) atoms. The molecule has 0 heterocycles. The molecule has 0 aromatic heterocycles. The van der Waals surface area contributed by atoms with Crippen molar-refractivity contribution in [1.82, 2.24) is 16.0 Å². The van der Waals surface area contributed by atoms with Gasteiger partial charge in [0.1, 0.15) is 10.1 Å². The van der Waals surface area contributed by atoms with Crippen LogP contribution in [0.3, 0.4) is 0 Å². The number of rotatable bonds is 9. The predicted octanol–water partition coefficient (Wildman–Crippen LogP) is -0.849. The molecule has 8 heteroatoms. The van der Waals surface area contributed by atoms with E-state index in [0.717, 1.165) is 18.4 Å². The van der Waals surface area contributed by atoms with E-state index in [9.17, 15) is 5.11 Å². The van der Waals surface area contributed by atoms with Crippen molar-refractivity contribution in [2.45, 2.75) is 26.3 Å². The maximum atomic E-state index is 12.2. The van der Waals surface area contributed by atoms with Crippen LogP contribution in [-0.2, 0) is 13.0 Å². The normalized spacial score (nSPS) is 10.5. The molecule has 1 aromatic carbocycles. The molecule has 0 atom stereocenters. The summed E-state index contributed by atoms with van der Waals surface area (Å²) in [5.41, 5.74) is 1.80. The summed E-state index contributed by atoms with van der Waals surface area (Å²) < 4.78 is 5.56. The average molecular weight is 375 g/mol. The molecular formula is C16H22N3NaO2S2. The molecule has 3 N–H and O–H groups in total. The van der Waals surface area contributed by atoms with Crippen LogP contribution in [0.2, 0.25) is 0 Å². The molecule has 0 spiro atoms. The number of hydrogen-bond acceptors (Lipinski definition) is 5. The third-order valence-electron chi connectivity index (χ3n) is 2.93. The molecular weight excluding hydrogens is 353 g/mol. The number of ether oxygens (including phenoxy) is 1. The second-order valence-electron chi connectivity index (χ2n) is 4.70. The first kappa shape index (κ1) is 23.1. The van der Waals surface area contributed by atoms with E-state index in [1.54, 1.807) is 24.8 Å². The summed E-state index contributed by atoms with van der Waals surface area (Å²) in [6, 6.07) is 3.75. The fraction of sp³-hybridized carbons (Fsp3) is 0.312. The minimum Gasteiger partial charge on any atom is -0.870 e. The second-order valence-corrected chi connectivity index (χ2v) is 5.86. The number of thiocarbonyl (C=S) groups is 1. The number of methoxy groups -OCH3 is 1. The molecule has 1 aromatic rings. The second kappa shape index (κ2) is 13.4. The Kier molecular flexibility index (Phi) is 13.0. The van der Waals surface area contributed by atoms with E-state index in [1.165, 1.54) is 7.11 Å². The number of aryl methyl sites for hydroxylation is 1. The Morgan fingerprint density at radius 1 is 1.29 bits per heavy atom. The molecule has 0 saturated carbocycles. The van der Waals surface area contributed by atoms with Gasteiger partial charge in [0, 0.05) is 31.3 Å². The van der Waals surface area contributed by atoms with Crippen LogP contribution in [0, 0.1) is 0 Å². The first-order chi connectivity index (χ1) is 11.1. The van der Waals surface area contributed by atoms with Gasteiger partial charge in [0.15, 0.2) is 0 Å². The van der Waals surface area contributed by atoms with Gasteiger partial charge in [-0.15, -0.1) is 12.6 Å². The third kappa shape index (κ3) is 8.84. The average Bonchev–Trinajstić information content (AvgIpc) is 2.52. The van der Waals surface area contributed by atoms with Crippen molar-refractivity contribution in [3.8, 4) is 11.5 Å². The number of hydrogen-bond donors (Lipinski definition) is 4. The maximum Gasteiger partial charge on any atom is 1.00 e. The van der Waals surface area contributed by atoms with Crippen LogP contribution < -0.4 is 55.4 Å². The van der Waals surface area contributed by atoms with Gasteiger partial charge >= 0.3 is 29.6 Å². The minimum absolute atomic E-state index is 0. The molecule has 1 rings (SSSR count). The van der Waals surface area contributed by atoms with Crippen molar-refractivity contribution in [2.24, 2.45) is 0 Å². The van der Waals surface area contributed by atoms with Crippen LogP contribution in [0.25, 0.3) is 0 Å². The molecule has 126 valence electrons. The van der Waals surface area contributed by atoms with E-state index in [1.807, 2.05) is 12.1 Å². The van der Waals surface area contributed by atoms with Gasteiger partial charge in [-0.25, -0.2) is 0 Å². The summed E-state index contributed by atoms with van der Waals surface area (Å²) >= 11 is 8.65. The van der Waals surface area contributed by atoms with Crippen molar-refractivity contribution >= 4 is 29.2 Å². The van der Waals surface area contributed by atoms with Crippen molar-refractivity contribution in [3.05, 3.63) is 48.1 Å². The zero-order valence-corrected chi connectivity index (χ0v) is 18.0. The SMILES string of the molecule is CCCc1cc(CN/C=C/N/C=C/NC(=S)S)c([O-])c(OC)c1.[Na+]. The quantitative estimate of drug-likeness (QED) is 0.256. The van der Waals surface area contributed by atoms with E-state index in [-0.39, 0.29) is 35.3 Å². The molecule has 0 saturated heterocycles. The van der Waals surface area contributed by atoms with Crippen LogP contribution in [0.5, 0.6) is 11.5 Å². The van der Waals surface area contributed by atoms with Gasteiger partial charge in [-0.2, -0.15) is 0 Å². The van der Waals surface area contributed by atoms with Crippen LogP contribution in [0.1, 0.15) is 24.5 Å². The zero-order valence-electron chi connectivity index (χ0n) is 14.3. The van der Waals surface area contributed by atoms with Gasteiger partial charge in [0.05, 0.1) is 7.11 Å². The summed E-state index contributed by atoms with van der Waals surface area (Å²) in [5, 5.41) is 20.9. The van der Waals surface area contributed by atoms with Gasteiger partial charge in [-0.3, -0.25) is 0 Å². The summed E-state index contributed by atoms with van der Waals surface area (Å²) in [4.78, 5) is 0. The van der Waals surface area contributed by atoms with Crippen LogP contribution >= 0.6 is 24.8 Å². The molecule has 0 aliphatic carbocycles. The minimum atomic E-state index is -0.0763. The monoisotopic (exact) mass is 375 g/mol. The fourth-order valence-corrected chi connectivity index (χ4v) is 2.07. The molecule has 0 bridgehead atoms. The van der Waals surface area contributed by atoms with Gasteiger partial charge in [0.25, 0.3) is 0 Å². The number of benzene rings is 1. The van der Waals surface area contributed by atoms with Crippen LogP contribution in [0.4, 0.5) is 0 Å². The molecule has 5 nitrogen and oxygen atoms in total. The Bertz CT molecular complexity index is 581. The van der Waals surface area contributed by atoms with E-state index in [4.69, 9.17) is 17.0 Å². The molecule has 0 amide bonds. The summed E-state index contributed by atoms with van der Waals surface area (Å²) in [5.74, 6) is 0.319. The van der Waals surface area contributed by atoms with E-state index >= 15 is 0 Å². The summed E-state index contributed by atoms with van der Waals surface area (Å²) in [6.07, 6.45) is 8.68. The van der Waals surface area contributed by atoms with Gasteiger partial charge in [-0.1, -0.05) is 37.4 Å². The molecule has 0 aliphatic rings. The predicted molar refractivity (Wildman–Crippen MR) is 99.4 cm³/mol. The molecule has 0 fully saturated rings. The standard InChI is InChI=1S/C16H23N3O2S2.Na/c1-3-4-12-9-13(15(20)14(10-12)21-2)11-18-6-5-17-7-8-19-16(22)23;/h5-10,17-18,20H,3-4,11H2,1-2H3,(H2,19,22,23);/q;+1/p-1/b6-5+,8-7+;. The third-order valence-corrected chi connectivity index (χ3v) is 3.17. The van der Waals surface area contributed by atoms with E-state index < -0.39 is 0 Å². The van der Waals surface area contributed by atoms with Crippen LogP contribution in [0.15, 0.2) is 36.9 Å². The summed E-state index contributed by atoms with van der Waals surface area (Å²) in [6.45, 7) is 2.54. The van der Waals surface area contributed by atoms with Crippen molar-refractivity contribution in [3.63, 3.8) is 0 Å². The molecule has 0 radical (unpaired) electrons. The Balaban J connectivity index is 0.00000529. The van der Waals surface area contributed by atoms with Crippen molar-refractivity contribution < 1.29 is 39.4 Å². The Hall–Kier alpha value is -0.860. The first-order valence-electron chi connectivity index (χ1n) is 7.24. The Labute approximate surface area is 176 Å². The number of thiol groups is 1. The number of nitrogens with one attached hydrogen (secondary N) is 3. The first-order valence-corrected chi connectivity index (χ1v) is 8.09. The van der Waals surface area contributed by atoms with E-state index in [0.29, 0.717) is 22.2 Å². The molecule has 0 aliphatic heterocycles. The van der Waals surface area contributed by atoms with Gasteiger partial charge in [-0.05, 0) is 23.6 Å². The maximum absolute atomic E-state index is 12.2.